The highest BCUT2D eigenvalue weighted by Crippen LogP contribution is 2.45. The van der Waals surface area contributed by atoms with Gasteiger partial charge in [-0.3, -0.25) is 0 Å². The van der Waals surface area contributed by atoms with Crippen molar-refractivity contribution >= 4 is 0 Å². The molecule has 3 aromatic rings. The number of unbranched alkanes of at least 4 members (excludes halogenated alkanes) is 4. The van der Waals surface area contributed by atoms with Crippen LogP contribution in [-0.2, 0) is 6.11 Å². The maximum absolute atomic E-state index is 15.3. The lowest BCUT2D eigenvalue weighted by Gasteiger charge is -2.38. The summed E-state index contributed by atoms with van der Waals surface area (Å²) in [6.45, 7) is 2.24. The number of ether oxygens (including phenoxy) is 1. The lowest BCUT2D eigenvalue weighted by atomic mass is 9.68. The van der Waals surface area contributed by atoms with Gasteiger partial charge in [0, 0.05) is 17.7 Å². The van der Waals surface area contributed by atoms with Crippen molar-refractivity contribution in [2.45, 2.75) is 109 Å². The largest absolute Gasteiger partial charge is 0.432 e. The smallest absolute Gasteiger partial charge is 0.429 e. The number of halogens is 8. The minimum absolute atomic E-state index is 0.127. The zero-order valence-electron chi connectivity index (χ0n) is 26.7. The van der Waals surface area contributed by atoms with Gasteiger partial charge < -0.3 is 4.74 Å². The zero-order valence-corrected chi connectivity index (χ0v) is 26.7. The predicted octanol–water partition coefficient (Wildman–Crippen LogP) is 12.8. The Morgan fingerprint density at radius 3 is 1.79 bits per heavy atom. The van der Waals surface area contributed by atoms with Crippen molar-refractivity contribution in [3.8, 4) is 16.9 Å². The van der Waals surface area contributed by atoms with Crippen LogP contribution in [0.25, 0.3) is 11.1 Å². The fourth-order valence-corrected chi connectivity index (χ4v) is 7.73. The maximum Gasteiger partial charge on any atom is 0.432 e. The summed E-state index contributed by atoms with van der Waals surface area (Å²) in [6.07, 6.45) is 12.6. The summed E-state index contributed by atoms with van der Waals surface area (Å²) < 4.78 is 119. The third kappa shape index (κ3) is 8.50. The molecule has 256 valence electrons. The first kappa shape index (κ1) is 35.2. The summed E-state index contributed by atoms with van der Waals surface area (Å²) >= 11 is 0. The van der Waals surface area contributed by atoms with Gasteiger partial charge in [0.2, 0.25) is 0 Å². The Bertz CT molecular complexity index is 1460. The van der Waals surface area contributed by atoms with Crippen LogP contribution in [0.4, 0.5) is 35.1 Å². The van der Waals surface area contributed by atoms with Crippen molar-refractivity contribution in [1.29, 1.82) is 0 Å². The van der Waals surface area contributed by atoms with Gasteiger partial charge in [0.05, 0.1) is 0 Å². The zero-order chi connectivity index (χ0) is 33.7. The van der Waals surface area contributed by atoms with Gasteiger partial charge >= 0.3 is 6.11 Å². The van der Waals surface area contributed by atoms with E-state index in [2.05, 4.69) is 11.7 Å². The van der Waals surface area contributed by atoms with E-state index in [1.54, 1.807) is 6.07 Å². The summed E-state index contributed by atoms with van der Waals surface area (Å²) in [5, 5.41) is 0. The van der Waals surface area contributed by atoms with Gasteiger partial charge in [0.15, 0.2) is 17.5 Å². The van der Waals surface area contributed by atoms with Crippen molar-refractivity contribution in [2.75, 3.05) is 0 Å². The van der Waals surface area contributed by atoms with Crippen LogP contribution in [0.2, 0.25) is 0 Å². The molecule has 0 unspecified atom stereocenters. The molecule has 0 spiro atoms. The first-order valence-corrected chi connectivity index (χ1v) is 17.0. The summed E-state index contributed by atoms with van der Waals surface area (Å²) in [7, 11) is 0. The highest BCUT2D eigenvalue weighted by molar-refractivity contribution is 5.65. The van der Waals surface area contributed by atoms with Gasteiger partial charge in [-0.25, -0.2) is 26.3 Å². The molecule has 0 bridgehead atoms. The van der Waals surface area contributed by atoms with E-state index in [1.807, 2.05) is 0 Å². The minimum Gasteiger partial charge on any atom is -0.429 e. The number of hydrogen-bond donors (Lipinski definition) is 0. The minimum atomic E-state index is -4.72. The second-order valence-corrected chi connectivity index (χ2v) is 13.5. The first-order chi connectivity index (χ1) is 22.5. The van der Waals surface area contributed by atoms with Gasteiger partial charge in [-0.1, -0.05) is 70.4 Å². The second-order valence-electron chi connectivity index (χ2n) is 13.5. The van der Waals surface area contributed by atoms with Crippen molar-refractivity contribution < 1.29 is 39.9 Å². The Morgan fingerprint density at radius 1 is 0.638 bits per heavy atom. The molecule has 0 aromatic heterocycles. The lowest BCUT2D eigenvalue weighted by molar-refractivity contribution is -0.189. The monoisotopic (exact) mass is 666 g/mol. The number of alkyl halides is 2. The molecular formula is C38H42F8O. The van der Waals surface area contributed by atoms with Crippen LogP contribution in [0, 0.1) is 52.7 Å². The van der Waals surface area contributed by atoms with E-state index in [-0.39, 0.29) is 29.2 Å². The Kier molecular flexibility index (Phi) is 11.5. The van der Waals surface area contributed by atoms with Crippen molar-refractivity contribution in [2.24, 2.45) is 17.8 Å². The van der Waals surface area contributed by atoms with E-state index in [0.717, 1.165) is 43.1 Å². The Morgan fingerprint density at radius 2 is 1.21 bits per heavy atom. The van der Waals surface area contributed by atoms with Crippen molar-refractivity contribution in [3.05, 3.63) is 88.5 Å². The highest BCUT2D eigenvalue weighted by atomic mass is 19.3. The Labute approximate surface area is 271 Å². The second kappa shape index (κ2) is 15.4. The van der Waals surface area contributed by atoms with E-state index in [4.69, 9.17) is 0 Å². The van der Waals surface area contributed by atoms with E-state index < -0.39 is 52.3 Å². The lowest BCUT2D eigenvalue weighted by Crippen LogP contribution is -2.25. The molecule has 0 radical (unpaired) electrons. The van der Waals surface area contributed by atoms with E-state index in [1.165, 1.54) is 76.3 Å². The molecule has 0 N–H and O–H groups in total. The normalized spacial score (nSPS) is 22.0. The average molecular weight is 667 g/mol. The molecule has 0 aliphatic heterocycles. The number of rotatable bonds is 12. The van der Waals surface area contributed by atoms with Crippen LogP contribution < -0.4 is 4.74 Å². The van der Waals surface area contributed by atoms with Gasteiger partial charge in [-0.2, -0.15) is 8.78 Å². The summed E-state index contributed by atoms with van der Waals surface area (Å²) in [5.74, 6) is -8.49. The molecule has 0 heterocycles. The van der Waals surface area contributed by atoms with Crippen LogP contribution in [0.3, 0.4) is 0 Å². The van der Waals surface area contributed by atoms with Gasteiger partial charge in [-0.15, -0.1) is 0 Å². The molecule has 0 atom stereocenters. The summed E-state index contributed by atoms with van der Waals surface area (Å²) in [5.41, 5.74) is -1.51. The third-order valence-electron chi connectivity index (χ3n) is 10.4. The molecule has 2 fully saturated rings. The summed E-state index contributed by atoms with van der Waals surface area (Å²) in [4.78, 5) is 0. The SMILES string of the molecule is CCCCCCCC1CCC(C2CCC(c3ccc(-c4cc(F)c(C(F)(F)Oc5cc(F)c(F)c(F)c5)c(F)c4)c(F)c3)CC2)CC1. The van der Waals surface area contributed by atoms with Gasteiger partial charge in [-0.05, 0) is 91.5 Å². The molecule has 2 saturated carbocycles. The van der Waals surface area contributed by atoms with E-state index in [0.29, 0.717) is 18.1 Å². The third-order valence-corrected chi connectivity index (χ3v) is 10.4. The number of benzene rings is 3. The maximum atomic E-state index is 15.3. The first-order valence-electron chi connectivity index (χ1n) is 17.0. The highest BCUT2D eigenvalue weighted by Gasteiger charge is 2.42. The van der Waals surface area contributed by atoms with Gasteiger partial charge in [0.25, 0.3) is 0 Å². The van der Waals surface area contributed by atoms with Crippen LogP contribution in [-0.4, -0.2) is 0 Å². The predicted molar refractivity (Wildman–Crippen MR) is 166 cm³/mol. The molecule has 9 heteroatoms. The Balaban J connectivity index is 1.18. The molecule has 0 saturated heterocycles. The molecular weight excluding hydrogens is 624 g/mol. The van der Waals surface area contributed by atoms with Crippen LogP contribution in [0.1, 0.15) is 114 Å². The molecule has 0 amide bonds. The van der Waals surface area contributed by atoms with Crippen molar-refractivity contribution in [1.82, 2.24) is 0 Å². The molecule has 3 aromatic carbocycles. The van der Waals surface area contributed by atoms with E-state index in [9.17, 15) is 30.7 Å². The molecule has 1 nitrogen and oxygen atoms in total. The molecule has 47 heavy (non-hydrogen) atoms. The van der Waals surface area contributed by atoms with Crippen LogP contribution >= 0.6 is 0 Å². The Hall–Kier alpha value is -3.10. The summed E-state index contributed by atoms with van der Waals surface area (Å²) in [6, 6.07) is 5.81. The topological polar surface area (TPSA) is 9.23 Å². The standard InChI is InChI=1S/C38H42F8O/c1-2-3-4-5-6-7-23-8-10-24(11-9-23)25-12-14-26(15-13-25)27-16-17-30(31(39)18-27)28-19-32(40)36(33(41)20-28)38(45,46)47-29-21-34(42)37(44)35(43)22-29/h16-26H,2-15H2,1H3. The molecule has 5 rings (SSSR count). The number of hydrogen-bond acceptors (Lipinski definition) is 1. The molecule has 2 aliphatic carbocycles. The molecule has 2 aliphatic rings. The fraction of sp³-hybridized carbons (Fsp3) is 0.526. The van der Waals surface area contributed by atoms with Crippen LogP contribution in [0.5, 0.6) is 5.75 Å². The van der Waals surface area contributed by atoms with Crippen LogP contribution in [0.15, 0.2) is 42.5 Å². The average Bonchev–Trinajstić information content (AvgIpc) is 3.03. The fourth-order valence-electron chi connectivity index (χ4n) is 7.73. The van der Waals surface area contributed by atoms with E-state index >= 15 is 4.39 Å². The van der Waals surface area contributed by atoms with Gasteiger partial charge in [0.1, 0.15) is 28.8 Å². The van der Waals surface area contributed by atoms with Crippen molar-refractivity contribution in [3.63, 3.8) is 0 Å². The quantitative estimate of drug-likeness (QED) is 0.106.